The number of hydrogen-bond donors (Lipinski definition) is 0. The van der Waals surface area contributed by atoms with Crippen molar-refractivity contribution in [1.82, 2.24) is 0 Å². The summed E-state index contributed by atoms with van der Waals surface area (Å²) in [4.78, 5) is 8.07. The van der Waals surface area contributed by atoms with Crippen LogP contribution in [0.1, 0.15) is 44.5 Å². The van der Waals surface area contributed by atoms with Gasteiger partial charge in [0.1, 0.15) is 0 Å². The fraction of sp³-hybridized carbons (Fsp3) is 0.0476. The fourth-order valence-corrected chi connectivity index (χ4v) is 25.5. The second-order valence-electron chi connectivity index (χ2n) is 19.6. The Hall–Kier alpha value is -7.86. The van der Waals surface area contributed by atoms with Crippen LogP contribution in [-0.4, -0.2) is 13.3 Å². The molecule has 0 saturated heterocycles. The van der Waals surface area contributed by atoms with Gasteiger partial charge in [0.15, 0.2) is 0 Å². The molecule has 0 aromatic heterocycles. The minimum atomic E-state index is -3.80. The summed E-state index contributed by atoms with van der Waals surface area (Å²) in [5.41, 5.74) is 27.0. The van der Waals surface area contributed by atoms with Crippen LogP contribution in [0.2, 0.25) is 5.76 Å². The summed E-state index contributed by atoms with van der Waals surface area (Å²) in [5, 5.41) is 0. The minimum absolute atomic E-state index is 0.507. The molecule has 67 heavy (non-hydrogen) atoms. The van der Waals surface area contributed by atoms with Crippen molar-refractivity contribution in [3.8, 4) is 22.3 Å². The molecule has 5 heterocycles. The van der Waals surface area contributed by atoms with Crippen molar-refractivity contribution in [3.05, 3.63) is 263 Å². The Morgan fingerprint density at radius 1 is 0.269 bits per heavy atom. The van der Waals surface area contributed by atoms with E-state index in [9.17, 15) is 0 Å². The van der Waals surface area contributed by atoms with Crippen LogP contribution in [0, 0.1) is 0 Å². The first-order chi connectivity index (χ1) is 33.2. The zero-order valence-electron chi connectivity index (χ0n) is 36.6. The molecule has 10 aromatic rings. The molecule has 3 nitrogen and oxygen atoms in total. The van der Waals surface area contributed by atoms with Crippen molar-refractivity contribution in [1.29, 1.82) is 0 Å². The average Bonchev–Trinajstić information content (AvgIpc) is 3.85. The molecule has 0 saturated carbocycles. The Morgan fingerprint density at radius 2 is 0.612 bits per heavy atom. The maximum absolute atomic E-state index is 3.80. The Bertz CT molecular complexity index is 3620. The first kappa shape index (κ1) is 35.4. The monoisotopic (exact) mass is 911 g/mol. The Balaban J connectivity index is 1.09. The van der Waals surface area contributed by atoms with Crippen molar-refractivity contribution in [3.63, 3.8) is 0 Å². The predicted molar refractivity (Wildman–Crippen MR) is 276 cm³/mol. The SMILES string of the molecule is [CH3][Ge]12[c]3c4cccc3N3c5ccccc5C5(c6ccccc6-c6ccccc65)c5ccc([c]1c53)N(c1ccccc1)c1ccc3c([c]12)N4c1ccccc1C31c2ccccc2-c2ccccc21. The molecule has 0 amide bonds. The zero-order valence-corrected chi connectivity index (χ0v) is 38.7. The number of benzene rings is 10. The third kappa shape index (κ3) is 3.65. The van der Waals surface area contributed by atoms with Crippen LogP contribution in [0.15, 0.2) is 218 Å². The summed E-state index contributed by atoms with van der Waals surface area (Å²) in [6, 6.07) is 84.3. The molecule has 0 fully saturated rings. The van der Waals surface area contributed by atoms with E-state index in [1.165, 1.54) is 118 Å². The third-order valence-corrected chi connectivity index (χ3v) is 26.5. The Kier molecular flexibility index (Phi) is 6.21. The molecule has 17 rings (SSSR count). The van der Waals surface area contributed by atoms with E-state index < -0.39 is 24.1 Å². The number of anilines is 9. The van der Waals surface area contributed by atoms with Gasteiger partial charge in [0.05, 0.1) is 0 Å². The van der Waals surface area contributed by atoms with Gasteiger partial charge in [-0.05, 0) is 0 Å². The summed E-state index contributed by atoms with van der Waals surface area (Å²) < 4.78 is 4.65. The molecule has 310 valence electrons. The number of rotatable bonds is 1. The Morgan fingerprint density at radius 3 is 1.04 bits per heavy atom. The predicted octanol–water partition coefficient (Wildman–Crippen LogP) is 13.5. The van der Waals surface area contributed by atoms with Crippen LogP contribution < -0.4 is 27.9 Å². The van der Waals surface area contributed by atoms with Gasteiger partial charge in [-0.3, -0.25) is 0 Å². The van der Waals surface area contributed by atoms with Gasteiger partial charge in [-0.25, -0.2) is 0 Å². The van der Waals surface area contributed by atoms with Gasteiger partial charge in [0, 0.05) is 0 Å². The van der Waals surface area contributed by atoms with Gasteiger partial charge in [0.2, 0.25) is 0 Å². The second kappa shape index (κ2) is 11.7. The molecule has 4 heteroatoms. The topological polar surface area (TPSA) is 9.72 Å². The van der Waals surface area contributed by atoms with Crippen LogP contribution >= 0.6 is 0 Å². The van der Waals surface area contributed by atoms with Gasteiger partial charge in [-0.2, -0.15) is 0 Å². The normalized spacial score (nSPS) is 16.7. The van der Waals surface area contributed by atoms with Gasteiger partial charge >= 0.3 is 394 Å². The molecule has 0 bridgehead atoms. The molecule has 2 spiro atoms. The van der Waals surface area contributed by atoms with Crippen LogP contribution in [0.25, 0.3) is 22.3 Å². The molecular weight excluding hydrogens is 871 g/mol. The molecule has 2 aliphatic carbocycles. The van der Waals surface area contributed by atoms with E-state index in [2.05, 4.69) is 239 Å². The average molecular weight is 911 g/mol. The van der Waals surface area contributed by atoms with E-state index in [0.717, 1.165) is 0 Å². The molecule has 7 aliphatic rings. The first-order valence-corrected chi connectivity index (χ1v) is 28.9. The van der Waals surface area contributed by atoms with Crippen LogP contribution in [0.3, 0.4) is 0 Å². The van der Waals surface area contributed by atoms with Crippen molar-refractivity contribution in [2.24, 2.45) is 0 Å². The first-order valence-electron chi connectivity index (χ1n) is 23.7. The summed E-state index contributed by atoms with van der Waals surface area (Å²) in [6.45, 7) is 0. The molecule has 5 aliphatic heterocycles. The second-order valence-corrected chi connectivity index (χ2v) is 27.4. The molecule has 0 radical (unpaired) electrons. The van der Waals surface area contributed by atoms with Crippen LogP contribution in [0.5, 0.6) is 0 Å². The van der Waals surface area contributed by atoms with Crippen molar-refractivity contribution >= 4 is 77.6 Å². The van der Waals surface area contributed by atoms with Crippen molar-refractivity contribution in [2.45, 2.75) is 16.6 Å². The number of fused-ring (bicyclic) bond motifs is 20. The molecule has 0 unspecified atom stereocenters. The summed E-state index contributed by atoms with van der Waals surface area (Å²) >= 11 is -3.80. The van der Waals surface area contributed by atoms with Crippen LogP contribution in [-0.2, 0) is 10.8 Å². The van der Waals surface area contributed by atoms with Crippen LogP contribution in [0.4, 0.5) is 51.2 Å². The third-order valence-electron chi connectivity index (χ3n) is 17.1. The standard InChI is InChI=1S/C63H39GeN3/c1-64-57-53-32-17-33-54(57)67-52-31-16-14-29-48(52)63(45-26-11-7-22-41(45)42-23-8-12-27-46(42)63)50-35-37-56(59(64)61(50)67)65(38-18-3-2-4-19-38)55-36-34-49-60(58(55)64)66(53)51-30-15-13-28-47(51)62(49)43-24-9-5-20-39(43)40-21-6-10-25-44(40)62/h2-37H,1H3. The summed E-state index contributed by atoms with van der Waals surface area (Å²) in [7, 11) is 0. The van der Waals surface area contributed by atoms with E-state index in [4.69, 9.17) is 0 Å². The summed E-state index contributed by atoms with van der Waals surface area (Å²) in [5.74, 6) is 2.77. The van der Waals surface area contributed by atoms with E-state index in [1.54, 1.807) is 13.2 Å². The molecule has 0 N–H and O–H groups in total. The summed E-state index contributed by atoms with van der Waals surface area (Å²) in [6.07, 6.45) is 0. The quantitative estimate of drug-likeness (QED) is 0.152. The number of hydrogen-bond acceptors (Lipinski definition) is 3. The van der Waals surface area contributed by atoms with E-state index in [0.29, 0.717) is 0 Å². The van der Waals surface area contributed by atoms with Gasteiger partial charge in [-0.1, -0.05) is 0 Å². The zero-order chi connectivity index (χ0) is 43.5. The van der Waals surface area contributed by atoms with E-state index in [-0.39, 0.29) is 0 Å². The van der Waals surface area contributed by atoms with E-state index >= 15 is 0 Å². The number of nitrogens with zero attached hydrogens (tertiary/aromatic N) is 3. The molecule has 10 aromatic carbocycles. The van der Waals surface area contributed by atoms with Crippen molar-refractivity contribution < 1.29 is 0 Å². The van der Waals surface area contributed by atoms with Gasteiger partial charge < -0.3 is 0 Å². The van der Waals surface area contributed by atoms with Gasteiger partial charge in [0.25, 0.3) is 0 Å². The van der Waals surface area contributed by atoms with E-state index in [1.807, 2.05) is 0 Å². The van der Waals surface area contributed by atoms with Crippen molar-refractivity contribution in [2.75, 3.05) is 14.7 Å². The maximum atomic E-state index is 2.77. The van der Waals surface area contributed by atoms with Gasteiger partial charge in [-0.15, -0.1) is 0 Å². The molecule has 0 atom stereocenters. The fourth-order valence-electron chi connectivity index (χ4n) is 15.0. The number of para-hydroxylation sites is 3. The molecular formula is C63H39GeN3. The Labute approximate surface area is 391 Å².